The molecule has 4 N–H and O–H groups in total. The van der Waals surface area contributed by atoms with Crippen LogP contribution in [0.3, 0.4) is 0 Å². The van der Waals surface area contributed by atoms with Gasteiger partial charge in [0.15, 0.2) is 5.13 Å². The summed E-state index contributed by atoms with van der Waals surface area (Å²) in [4.78, 5) is 8.89. The number of aliphatic hydroxyl groups is 1. The van der Waals surface area contributed by atoms with E-state index in [0.717, 1.165) is 11.3 Å². The quantitative estimate of drug-likeness (QED) is 0.242. The number of ether oxygens (including phenoxy) is 1. The summed E-state index contributed by atoms with van der Waals surface area (Å²) in [5.74, 6) is 0.646. The van der Waals surface area contributed by atoms with E-state index < -0.39 is 0 Å². The van der Waals surface area contributed by atoms with Gasteiger partial charge in [0.05, 0.1) is 17.9 Å². The first-order valence-electron chi connectivity index (χ1n) is 11.0. The maximum atomic E-state index is 13.6. The van der Waals surface area contributed by atoms with Crippen LogP contribution in [0.4, 0.5) is 21.0 Å². The average Bonchev–Trinajstić information content (AvgIpc) is 3.35. The number of nitrogens with one attached hydrogen (secondary N) is 1. The van der Waals surface area contributed by atoms with E-state index in [4.69, 9.17) is 15.6 Å². The maximum absolute atomic E-state index is 13.6. The van der Waals surface area contributed by atoms with Crippen molar-refractivity contribution in [3.05, 3.63) is 76.0 Å². The standard InChI is InChI=1S/C26H21FN6O2S2/c1-15-2-5-17(27)10-22(15)32-26-31-18(14-37-26)13-36-25-21(12-29)23(20(11-28)24(30)33-25)16-3-6-19(7-4-16)35-9-8-34/h2-7,10,14,34H,8-9,13H2,1H3,(H2,30,33)(H,31,32). The fourth-order valence-corrected chi connectivity index (χ4v) is 5.21. The first kappa shape index (κ1) is 25.9. The molecule has 2 heterocycles. The fraction of sp³-hybridized carbons (Fsp3) is 0.154. The number of hydrogen-bond acceptors (Lipinski definition) is 10. The molecule has 0 saturated carbocycles. The van der Waals surface area contributed by atoms with Crippen molar-refractivity contribution in [2.45, 2.75) is 17.7 Å². The molecule has 0 fully saturated rings. The van der Waals surface area contributed by atoms with E-state index in [2.05, 4.69) is 27.4 Å². The van der Waals surface area contributed by atoms with Crippen molar-refractivity contribution in [1.29, 1.82) is 10.5 Å². The molecule has 8 nitrogen and oxygen atoms in total. The molecule has 37 heavy (non-hydrogen) atoms. The first-order valence-corrected chi connectivity index (χ1v) is 12.9. The van der Waals surface area contributed by atoms with Gasteiger partial charge in [-0.25, -0.2) is 14.4 Å². The van der Waals surface area contributed by atoms with E-state index in [9.17, 15) is 14.9 Å². The number of nitrogen functional groups attached to an aromatic ring is 1. The number of benzene rings is 2. The Bertz CT molecular complexity index is 1510. The molecular weight excluding hydrogens is 511 g/mol. The minimum atomic E-state index is -0.336. The normalized spacial score (nSPS) is 10.5. The Morgan fingerprint density at radius 2 is 1.89 bits per heavy atom. The number of halogens is 1. The van der Waals surface area contributed by atoms with Crippen molar-refractivity contribution in [1.82, 2.24) is 9.97 Å². The maximum Gasteiger partial charge on any atom is 0.187 e. The van der Waals surface area contributed by atoms with E-state index in [0.29, 0.717) is 38.5 Å². The lowest BCUT2D eigenvalue weighted by atomic mass is 9.97. The van der Waals surface area contributed by atoms with Gasteiger partial charge in [0.1, 0.15) is 46.7 Å². The van der Waals surface area contributed by atoms with Gasteiger partial charge >= 0.3 is 0 Å². The van der Waals surface area contributed by atoms with Crippen LogP contribution in [0, 0.1) is 35.4 Å². The van der Waals surface area contributed by atoms with Crippen LogP contribution >= 0.6 is 23.1 Å². The Labute approximate surface area is 221 Å². The Morgan fingerprint density at radius 1 is 1.14 bits per heavy atom. The van der Waals surface area contributed by atoms with Gasteiger partial charge in [-0.2, -0.15) is 10.5 Å². The van der Waals surface area contributed by atoms with E-state index in [-0.39, 0.29) is 36.0 Å². The number of thiazole rings is 1. The highest BCUT2D eigenvalue weighted by molar-refractivity contribution is 7.98. The van der Waals surface area contributed by atoms with Crippen LogP contribution in [0.2, 0.25) is 0 Å². The molecule has 11 heteroatoms. The van der Waals surface area contributed by atoms with E-state index in [1.165, 1.54) is 35.2 Å². The van der Waals surface area contributed by atoms with Gasteiger partial charge in [0.2, 0.25) is 0 Å². The second-order valence-corrected chi connectivity index (χ2v) is 9.59. The number of rotatable bonds is 9. The van der Waals surface area contributed by atoms with Crippen molar-refractivity contribution < 1.29 is 14.2 Å². The third-order valence-corrected chi connectivity index (χ3v) is 7.08. The minimum absolute atomic E-state index is 0.0295. The lowest BCUT2D eigenvalue weighted by molar-refractivity contribution is 0.201. The molecular formula is C26H21FN6O2S2. The molecule has 4 aromatic rings. The lowest BCUT2D eigenvalue weighted by Gasteiger charge is -2.13. The van der Waals surface area contributed by atoms with Crippen LogP contribution in [-0.4, -0.2) is 28.3 Å². The van der Waals surface area contributed by atoms with Crippen molar-refractivity contribution in [2.24, 2.45) is 0 Å². The Hall–Kier alpha value is -4.16. The Kier molecular flexibility index (Phi) is 8.21. The molecule has 0 aliphatic heterocycles. The van der Waals surface area contributed by atoms with Crippen LogP contribution in [-0.2, 0) is 5.75 Å². The number of thioether (sulfide) groups is 1. The van der Waals surface area contributed by atoms with E-state index in [1.54, 1.807) is 30.3 Å². The highest BCUT2D eigenvalue weighted by Crippen LogP contribution is 2.37. The molecule has 2 aromatic carbocycles. The summed E-state index contributed by atoms with van der Waals surface area (Å²) in [5.41, 5.74) is 9.76. The highest BCUT2D eigenvalue weighted by Gasteiger charge is 2.21. The number of aliphatic hydroxyl groups excluding tert-OH is 1. The van der Waals surface area contributed by atoms with E-state index >= 15 is 0 Å². The average molecular weight is 533 g/mol. The third kappa shape index (κ3) is 5.98. The number of pyridine rings is 1. The second-order valence-electron chi connectivity index (χ2n) is 7.76. The number of aromatic nitrogens is 2. The molecule has 186 valence electrons. The third-order valence-electron chi connectivity index (χ3n) is 5.27. The van der Waals surface area contributed by atoms with Gasteiger partial charge in [0.25, 0.3) is 0 Å². The van der Waals surface area contributed by atoms with Crippen LogP contribution in [0.15, 0.2) is 52.9 Å². The summed E-state index contributed by atoms with van der Waals surface area (Å²) in [6.07, 6.45) is 0. The van der Waals surface area contributed by atoms with Crippen molar-refractivity contribution in [3.63, 3.8) is 0 Å². The fourth-order valence-electron chi connectivity index (χ4n) is 3.49. The molecule has 0 unspecified atom stereocenters. The number of nitrogens with zero attached hydrogens (tertiary/aromatic N) is 4. The minimum Gasteiger partial charge on any atom is -0.491 e. The topological polar surface area (TPSA) is 141 Å². The molecule has 4 rings (SSSR count). The van der Waals surface area contributed by atoms with Crippen LogP contribution < -0.4 is 15.8 Å². The summed E-state index contributed by atoms with van der Waals surface area (Å²) in [6.45, 7) is 1.93. The number of nitriles is 2. The van der Waals surface area contributed by atoms with Crippen LogP contribution in [0.1, 0.15) is 22.4 Å². The number of anilines is 3. The van der Waals surface area contributed by atoms with Gasteiger partial charge in [0, 0.05) is 22.4 Å². The first-order chi connectivity index (χ1) is 17.9. The zero-order chi connectivity index (χ0) is 26.4. The number of nitrogens with two attached hydrogens (primary N) is 1. The predicted molar refractivity (Wildman–Crippen MR) is 142 cm³/mol. The summed E-state index contributed by atoms with van der Waals surface area (Å²) >= 11 is 2.67. The van der Waals surface area contributed by atoms with Gasteiger partial charge in [-0.1, -0.05) is 30.0 Å². The summed E-state index contributed by atoms with van der Waals surface area (Å²) in [7, 11) is 0. The molecule has 0 aliphatic carbocycles. The van der Waals surface area contributed by atoms with Crippen molar-refractivity contribution in [3.8, 4) is 29.0 Å². The summed E-state index contributed by atoms with van der Waals surface area (Å²) in [6, 6.07) is 15.6. The van der Waals surface area contributed by atoms with Gasteiger partial charge in [-0.3, -0.25) is 0 Å². The monoisotopic (exact) mass is 532 g/mol. The molecule has 0 atom stereocenters. The molecule has 0 saturated heterocycles. The molecule has 0 bridgehead atoms. The molecule has 2 aromatic heterocycles. The van der Waals surface area contributed by atoms with Crippen LogP contribution in [0.25, 0.3) is 11.1 Å². The van der Waals surface area contributed by atoms with Gasteiger partial charge in [-0.05, 0) is 42.3 Å². The second kappa shape index (κ2) is 11.7. The number of aryl methyl sites for hydroxylation is 1. The van der Waals surface area contributed by atoms with Gasteiger partial charge < -0.3 is 20.9 Å². The van der Waals surface area contributed by atoms with Crippen LogP contribution in [0.5, 0.6) is 5.75 Å². The predicted octanol–water partition coefficient (Wildman–Crippen LogP) is 5.39. The largest absolute Gasteiger partial charge is 0.491 e. The molecule has 0 spiro atoms. The summed E-state index contributed by atoms with van der Waals surface area (Å²) < 4.78 is 19.0. The van der Waals surface area contributed by atoms with Crippen molar-refractivity contribution >= 4 is 39.7 Å². The summed E-state index contributed by atoms with van der Waals surface area (Å²) in [5, 5.41) is 34.7. The van der Waals surface area contributed by atoms with Crippen molar-refractivity contribution in [2.75, 3.05) is 24.3 Å². The van der Waals surface area contributed by atoms with Gasteiger partial charge in [-0.15, -0.1) is 11.3 Å². The zero-order valence-corrected chi connectivity index (χ0v) is 21.3. The Morgan fingerprint density at radius 3 is 2.59 bits per heavy atom. The molecule has 0 amide bonds. The molecule has 0 radical (unpaired) electrons. The van der Waals surface area contributed by atoms with E-state index in [1.807, 2.05) is 12.3 Å². The number of hydrogen-bond donors (Lipinski definition) is 3. The molecule has 0 aliphatic rings. The lowest BCUT2D eigenvalue weighted by Crippen LogP contribution is -2.04. The zero-order valence-electron chi connectivity index (χ0n) is 19.7. The Balaban J connectivity index is 1.58. The SMILES string of the molecule is Cc1ccc(F)cc1Nc1nc(CSc2nc(N)c(C#N)c(-c3ccc(OCCO)cc3)c2C#N)cs1. The smallest absolute Gasteiger partial charge is 0.187 e. The highest BCUT2D eigenvalue weighted by atomic mass is 32.2.